The van der Waals surface area contributed by atoms with Crippen LogP contribution in [0, 0.1) is 5.92 Å². The Bertz CT molecular complexity index is 1020. The summed E-state index contributed by atoms with van der Waals surface area (Å²) < 4.78 is 53.1. The summed E-state index contributed by atoms with van der Waals surface area (Å²) in [7, 11) is 0. The Morgan fingerprint density at radius 2 is 2.00 bits per heavy atom. The van der Waals surface area contributed by atoms with Gasteiger partial charge < -0.3 is 4.90 Å². The fourth-order valence-corrected chi connectivity index (χ4v) is 5.58. The van der Waals surface area contributed by atoms with E-state index in [-0.39, 0.29) is 12.7 Å². The normalized spacial score (nSPS) is 23.4. The molecule has 3 nitrogen and oxygen atoms in total. The van der Waals surface area contributed by atoms with E-state index in [9.17, 15) is 17.6 Å². The van der Waals surface area contributed by atoms with Crippen molar-refractivity contribution in [3.8, 4) is 0 Å². The minimum atomic E-state index is -4.29. The molecule has 2 aromatic rings. The molecular formula is C28H35F4N3. The van der Waals surface area contributed by atoms with Crippen molar-refractivity contribution in [2.24, 2.45) is 5.92 Å². The van der Waals surface area contributed by atoms with Gasteiger partial charge in [-0.05, 0) is 80.3 Å². The van der Waals surface area contributed by atoms with E-state index in [1.807, 2.05) is 44.3 Å². The van der Waals surface area contributed by atoms with Gasteiger partial charge in [0.05, 0.1) is 25.0 Å². The molecule has 1 aromatic carbocycles. The molecule has 4 rings (SSSR count). The Hall–Kier alpha value is -2.25. The molecular weight excluding hydrogens is 454 g/mol. The van der Waals surface area contributed by atoms with Crippen LogP contribution in [0.5, 0.6) is 0 Å². The monoisotopic (exact) mass is 489 g/mol. The number of alkyl halides is 4. The standard InChI is InChI=1S/C28H35F4N3/c1-19(2)23-6-7-25-24(15-23)13-20(3)35(18-28(30,31)32)27(25)26-8-5-21(16-33-26)14-22-9-12-34(17-22)11-4-10-29/h5-8,15-16,20,22,27H,1,4,9-14,17-18H2,2-3H3/t20-,22?,27?/m1/s1. The van der Waals surface area contributed by atoms with E-state index in [1.165, 1.54) is 4.90 Å². The summed E-state index contributed by atoms with van der Waals surface area (Å²) in [4.78, 5) is 8.53. The molecule has 0 saturated carbocycles. The molecule has 0 bridgehead atoms. The van der Waals surface area contributed by atoms with Crippen molar-refractivity contribution in [3.63, 3.8) is 0 Å². The SMILES string of the molecule is C=C(C)c1ccc2c(c1)C[C@@H](C)N(CC(F)(F)F)C2c1ccc(CC2CCN(CCCF)C2)cn1. The molecule has 2 aliphatic heterocycles. The highest BCUT2D eigenvalue weighted by atomic mass is 19.4. The van der Waals surface area contributed by atoms with Gasteiger partial charge in [-0.15, -0.1) is 0 Å². The Morgan fingerprint density at radius 3 is 2.66 bits per heavy atom. The third kappa shape index (κ3) is 6.31. The maximum atomic E-state index is 13.6. The van der Waals surface area contributed by atoms with E-state index >= 15 is 0 Å². The molecule has 190 valence electrons. The van der Waals surface area contributed by atoms with Gasteiger partial charge >= 0.3 is 6.18 Å². The molecule has 0 spiro atoms. The molecule has 1 fully saturated rings. The first-order valence-corrected chi connectivity index (χ1v) is 12.5. The van der Waals surface area contributed by atoms with Crippen LogP contribution in [-0.4, -0.2) is 59.9 Å². The molecule has 2 aliphatic rings. The first kappa shape index (κ1) is 25.8. The summed E-state index contributed by atoms with van der Waals surface area (Å²) in [6.45, 7) is 9.30. The largest absolute Gasteiger partial charge is 0.401 e. The van der Waals surface area contributed by atoms with E-state index in [0.717, 1.165) is 60.3 Å². The summed E-state index contributed by atoms with van der Waals surface area (Å²) in [6, 6.07) is 9.04. The van der Waals surface area contributed by atoms with Crippen molar-refractivity contribution in [1.29, 1.82) is 0 Å². The molecule has 0 radical (unpaired) electrons. The molecule has 0 N–H and O–H groups in total. The van der Waals surface area contributed by atoms with Gasteiger partial charge in [0.1, 0.15) is 0 Å². The van der Waals surface area contributed by atoms with E-state index in [1.54, 1.807) is 0 Å². The maximum absolute atomic E-state index is 13.6. The Labute approximate surface area is 205 Å². The van der Waals surface area contributed by atoms with Crippen LogP contribution in [0.1, 0.15) is 60.7 Å². The molecule has 7 heteroatoms. The molecule has 2 unspecified atom stereocenters. The van der Waals surface area contributed by atoms with Crippen LogP contribution in [-0.2, 0) is 12.8 Å². The first-order chi connectivity index (χ1) is 16.6. The van der Waals surface area contributed by atoms with Crippen molar-refractivity contribution in [3.05, 3.63) is 71.1 Å². The highest BCUT2D eigenvalue weighted by Gasteiger charge is 2.41. The van der Waals surface area contributed by atoms with Gasteiger partial charge in [0.15, 0.2) is 0 Å². The quantitative estimate of drug-likeness (QED) is 0.410. The van der Waals surface area contributed by atoms with E-state index in [2.05, 4.69) is 17.5 Å². The number of likely N-dealkylation sites (tertiary alicyclic amines) is 1. The molecule has 1 saturated heterocycles. The molecule has 3 heterocycles. The average molecular weight is 490 g/mol. The second-order valence-electron chi connectivity index (χ2n) is 10.2. The van der Waals surface area contributed by atoms with Crippen molar-refractivity contribution >= 4 is 5.57 Å². The molecule has 35 heavy (non-hydrogen) atoms. The number of aromatic nitrogens is 1. The van der Waals surface area contributed by atoms with Gasteiger partial charge in [0.25, 0.3) is 0 Å². The van der Waals surface area contributed by atoms with Gasteiger partial charge in [-0.1, -0.05) is 36.4 Å². The van der Waals surface area contributed by atoms with Crippen molar-refractivity contribution in [2.45, 2.75) is 57.8 Å². The molecule has 0 aliphatic carbocycles. The number of hydrogen-bond donors (Lipinski definition) is 0. The lowest BCUT2D eigenvalue weighted by atomic mass is 9.85. The highest BCUT2D eigenvalue weighted by Crippen LogP contribution is 2.40. The summed E-state index contributed by atoms with van der Waals surface area (Å²) in [5.74, 6) is 0.500. The lowest BCUT2D eigenvalue weighted by Gasteiger charge is -2.42. The van der Waals surface area contributed by atoms with Gasteiger partial charge in [-0.3, -0.25) is 14.3 Å². The summed E-state index contributed by atoms with van der Waals surface area (Å²) >= 11 is 0. The van der Waals surface area contributed by atoms with Crippen LogP contribution in [0.4, 0.5) is 17.6 Å². The summed E-state index contributed by atoms with van der Waals surface area (Å²) in [6.07, 6.45) is 0.621. The molecule has 1 aromatic heterocycles. The minimum absolute atomic E-state index is 0.273. The zero-order valence-electron chi connectivity index (χ0n) is 20.6. The van der Waals surface area contributed by atoms with Crippen LogP contribution in [0.2, 0.25) is 0 Å². The van der Waals surface area contributed by atoms with Crippen molar-refractivity contribution in [2.75, 3.05) is 32.9 Å². The highest BCUT2D eigenvalue weighted by molar-refractivity contribution is 5.63. The molecule has 3 atom stereocenters. The van der Waals surface area contributed by atoms with Crippen LogP contribution in [0.15, 0.2) is 43.1 Å². The van der Waals surface area contributed by atoms with Gasteiger partial charge in [-0.25, -0.2) is 0 Å². The number of fused-ring (bicyclic) bond motifs is 1. The van der Waals surface area contributed by atoms with Crippen LogP contribution in [0.25, 0.3) is 5.57 Å². The van der Waals surface area contributed by atoms with Crippen LogP contribution in [0.3, 0.4) is 0 Å². The zero-order chi connectivity index (χ0) is 25.2. The smallest absolute Gasteiger partial charge is 0.303 e. The maximum Gasteiger partial charge on any atom is 0.401 e. The van der Waals surface area contributed by atoms with Gasteiger partial charge in [-0.2, -0.15) is 13.2 Å². The number of hydrogen-bond acceptors (Lipinski definition) is 3. The third-order valence-corrected chi connectivity index (χ3v) is 7.34. The first-order valence-electron chi connectivity index (χ1n) is 12.5. The number of allylic oxidation sites excluding steroid dienone is 1. The average Bonchev–Trinajstić information content (AvgIpc) is 3.25. The second kappa shape index (κ2) is 10.8. The number of nitrogens with zero attached hydrogens (tertiary/aromatic N) is 3. The molecule has 0 amide bonds. The van der Waals surface area contributed by atoms with E-state index < -0.39 is 18.8 Å². The Balaban J connectivity index is 1.57. The number of rotatable bonds is 8. The van der Waals surface area contributed by atoms with Crippen molar-refractivity contribution < 1.29 is 17.6 Å². The van der Waals surface area contributed by atoms with Crippen LogP contribution >= 0.6 is 0 Å². The third-order valence-electron chi connectivity index (χ3n) is 7.34. The number of halogens is 4. The zero-order valence-corrected chi connectivity index (χ0v) is 20.6. The lowest BCUT2D eigenvalue weighted by Crippen LogP contribution is -2.47. The predicted molar refractivity (Wildman–Crippen MR) is 132 cm³/mol. The minimum Gasteiger partial charge on any atom is -0.303 e. The summed E-state index contributed by atoms with van der Waals surface area (Å²) in [5, 5.41) is 0. The van der Waals surface area contributed by atoms with Crippen LogP contribution < -0.4 is 0 Å². The second-order valence-corrected chi connectivity index (χ2v) is 10.2. The van der Waals surface area contributed by atoms with Crippen molar-refractivity contribution in [1.82, 2.24) is 14.8 Å². The fraction of sp³-hybridized carbons (Fsp3) is 0.536. The number of benzene rings is 1. The van der Waals surface area contributed by atoms with Gasteiger partial charge in [0.2, 0.25) is 0 Å². The number of pyridine rings is 1. The van der Waals surface area contributed by atoms with E-state index in [0.29, 0.717) is 24.5 Å². The van der Waals surface area contributed by atoms with Gasteiger partial charge in [0, 0.05) is 25.3 Å². The Kier molecular flexibility index (Phi) is 7.96. The summed E-state index contributed by atoms with van der Waals surface area (Å²) in [5.41, 5.74) is 5.63. The lowest BCUT2D eigenvalue weighted by molar-refractivity contribution is -0.155. The van der Waals surface area contributed by atoms with E-state index in [4.69, 9.17) is 4.98 Å². The topological polar surface area (TPSA) is 19.4 Å². The fourth-order valence-electron chi connectivity index (χ4n) is 5.58. The predicted octanol–water partition coefficient (Wildman–Crippen LogP) is 6.24. The Morgan fingerprint density at radius 1 is 1.20 bits per heavy atom.